The van der Waals surface area contributed by atoms with Gasteiger partial charge in [0, 0.05) is 17.0 Å². The van der Waals surface area contributed by atoms with Crippen molar-refractivity contribution in [2.45, 2.75) is 6.92 Å². The van der Waals surface area contributed by atoms with Crippen molar-refractivity contribution >= 4 is 28.7 Å². The van der Waals surface area contributed by atoms with E-state index in [-0.39, 0.29) is 11.4 Å². The Kier molecular flexibility index (Phi) is 4.62. The van der Waals surface area contributed by atoms with Crippen molar-refractivity contribution in [1.82, 2.24) is 14.8 Å². The van der Waals surface area contributed by atoms with Crippen LogP contribution < -0.4 is 4.74 Å². The van der Waals surface area contributed by atoms with Crippen LogP contribution in [0.4, 0.5) is 5.69 Å². The minimum absolute atomic E-state index is 0.0504. The number of phenols is 1. The molecule has 0 bridgehead atoms. The van der Waals surface area contributed by atoms with Gasteiger partial charge in [0.2, 0.25) is 0 Å². The predicted octanol–water partition coefficient (Wildman–Crippen LogP) is 5.25. The molecule has 0 saturated carbocycles. The Morgan fingerprint density at radius 3 is 2.86 bits per heavy atom. The average molecular weight is 392 g/mol. The Morgan fingerprint density at radius 1 is 1.21 bits per heavy atom. The number of fused-ring (bicyclic) bond motifs is 1. The Bertz CT molecular complexity index is 1250. The summed E-state index contributed by atoms with van der Waals surface area (Å²) in [6, 6.07) is 16.0. The summed E-state index contributed by atoms with van der Waals surface area (Å²) in [5, 5.41) is 21.7. The molecule has 0 aliphatic heterocycles. The smallest absolute Gasteiger partial charge is 0.200 e. The number of H-pyrrole nitrogens is 1. The van der Waals surface area contributed by atoms with E-state index in [1.54, 1.807) is 10.6 Å². The SMILES string of the molecule is CCOc1ccc2cccc(-n3c(-c4ccc(O)cc4N=O)n[nH]c3=S)c2c1. The lowest BCUT2D eigenvalue weighted by molar-refractivity contribution is 0.341. The molecule has 0 aliphatic rings. The summed E-state index contributed by atoms with van der Waals surface area (Å²) in [5.74, 6) is 1.12. The number of hydrogen-bond donors (Lipinski definition) is 2. The fourth-order valence-electron chi connectivity index (χ4n) is 3.17. The molecule has 0 saturated heterocycles. The van der Waals surface area contributed by atoms with E-state index >= 15 is 0 Å². The maximum atomic E-state index is 11.3. The molecule has 28 heavy (non-hydrogen) atoms. The summed E-state index contributed by atoms with van der Waals surface area (Å²) in [5.41, 5.74) is 1.32. The van der Waals surface area contributed by atoms with Crippen molar-refractivity contribution in [2.24, 2.45) is 5.18 Å². The van der Waals surface area contributed by atoms with E-state index < -0.39 is 0 Å². The summed E-state index contributed by atoms with van der Waals surface area (Å²) in [4.78, 5) is 11.3. The zero-order valence-corrected chi connectivity index (χ0v) is 15.7. The van der Waals surface area contributed by atoms with Gasteiger partial charge in [0.1, 0.15) is 17.2 Å². The van der Waals surface area contributed by atoms with Crippen molar-refractivity contribution < 1.29 is 9.84 Å². The normalized spacial score (nSPS) is 10.9. The van der Waals surface area contributed by atoms with E-state index in [4.69, 9.17) is 17.0 Å². The standard InChI is InChI=1S/C20H16N4O3S/c1-2-27-14-8-6-12-4-3-5-18(16(12)11-14)24-19(21-22-20(24)28)15-9-7-13(25)10-17(15)23-26/h3-11,25H,2H2,1H3,(H,22,28). The summed E-state index contributed by atoms with van der Waals surface area (Å²) in [7, 11) is 0. The van der Waals surface area contributed by atoms with E-state index in [1.807, 2.05) is 43.3 Å². The monoisotopic (exact) mass is 392 g/mol. The van der Waals surface area contributed by atoms with Crippen LogP contribution in [0.25, 0.3) is 27.8 Å². The number of ether oxygens (including phenoxy) is 1. The third-order valence-electron chi connectivity index (χ3n) is 4.38. The topological polar surface area (TPSA) is 92.5 Å². The molecule has 140 valence electrons. The number of aromatic nitrogens is 3. The Balaban J connectivity index is 2.00. The zero-order chi connectivity index (χ0) is 19.7. The number of benzene rings is 3. The molecule has 0 unspecified atom stereocenters. The quantitative estimate of drug-likeness (QED) is 0.357. The van der Waals surface area contributed by atoms with Crippen LogP contribution in [0.5, 0.6) is 11.5 Å². The molecule has 7 nitrogen and oxygen atoms in total. The van der Waals surface area contributed by atoms with Gasteiger partial charge in [-0.05, 0) is 60.0 Å². The molecule has 0 atom stereocenters. The van der Waals surface area contributed by atoms with Gasteiger partial charge in [0.05, 0.1) is 12.3 Å². The molecule has 0 spiro atoms. The molecule has 0 radical (unpaired) electrons. The number of phenolic OH excluding ortho intramolecular Hbond substituents is 1. The average Bonchev–Trinajstić information content (AvgIpc) is 3.08. The summed E-state index contributed by atoms with van der Waals surface area (Å²) < 4.78 is 7.75. The van der Waals surface area contributed by atoms with Gasteiger partial charge < -0.3 is 9.84 Å². The first kappa shape index (κ1) is 17.9. The number of nitrogens with one attached hydrogen (secondary N) is 1. The van der Waals surface area contributed by atoms with Crippen LogP contribution >= 0.6 is 12.2 Å². The number of nitrogens with zero attached hydrogens (tertiary/aromatic N) is 3. The molecular weight excluding hydrogens is 376 g/mol. The highest BCUT2D eigenvalue weighted by molar-refractivity contribution is 7.71. The molecular formula is C20H16N4O3S. The summed E-state index contributed by atoms with van der Waals surface area (Å²) >= 11 is 5.46. The number of rotatable bonds is 5. The van der Waals surface area contributed by atoms with Crippen LogP contribution in [0.15, 0.2) is 59.8 Å². The third kappa shape index (κ3) is 3.03. The number of aromatic amines is 1. The summed E-state index contributed by atoms with van der Waals surface area (Å²) in [6.45, 7) is 2.49. The van der Waals surface area contributed by atoms with E-state index in [1.165, 1.54) is 12.1 Å². The minimum atomic E-state index is -0.0504. The molecule has 3 aromatic carbocycles. The van der Waals surface area contributed by atoms with Crippen LogP contribution in [0.2, 0.25) is 0 Å². The van der Waals surface area contributed by atoms with Crippen LogP contribution in [0.1, 0.15) is 6.92 Å². The van der Waals surface area contributed by atoms with Crippen LogP contribution in [0.3, 0.4) is 0 Å². The first-order valence-corrected chi connectivity index (χ1v) is 9.03. The molecule has 1 aromatic heterocycles. The second-order valence-electron chi connectivity index (χ2n) is 6.07. The lowest BCUT2D eigenvalue weighted by Gasteiger charge is -2.12. The van der Waals surface area contributed by atoms with Gasteiger partial charge in [-0.15, -0.1) is 4.91 Å². The highest BCUT2D eigenvalue weighted by Gasteiger charge is 2.17. The molecule has 0 amide bonds. The van der Waals surface area contributed by atoms with Crippen LogP contribution in [-0.4, -0.2) is 26.5 Å². The van der Waals surface area contributed by atoms with Gasteiger partial charge in [0.25, 0.3) is 0 Å². The van der Waals surface area contributed by atoms with Crippen molar-refractivity contribution in [3.8, 4) is 28.6 Å². The maximum absolute atomic E-state index is 11.3. The third-order valence-corrected chi connectivity index (χ3v) is 4.65. The highest BCUT2D eigenvalue weighted by Crippen LogP contribution is 2.35. The fourth-order valence-corrected chi connectivity index (χ4v) is 3.40. The predicted molar refractivity (Wildman–Crippen MR) is 110 cm³/mol. The largest absolute Gasteiger partial charge is 0.508 e. The molecule has 0 fully saturated rings. The molecule has 2 N–H and O–H groups in total. The molecule has 0 aliphatic carbocycles. The van der Waals surface area contributed by atoms with Gasteiger partial charge >= 0.3 is 0 Å². The minimum Gasteiger partial charge on any atom is -0.508 e. The van der Waals surface area contributed by atoms with Crippen LogP contribution in [-0.2, 0) is 0 Å². The maximum Gasteiger partial charge on any atom is 0.200 e. The Hall–Kier alpha value is -3.52. The van der Waals surface area contributed by atoms with E-state index in [0.717, 1.165) is 22.2 Å². The second kappa shape index (κ2) is 7.24. The van der Waals surface area contributed by atoms with Gasteiger partial charge in [-0.25, -0.2) is 0 Å². The van der Waals surface area contributed by atoms with Gasteiger partial charge in [-0.3, -0.25) is 9.67 Å². The van der Waals surface area contributed by atoms with Crippen LogP contribution in [0, 0.1) is 9.68 Å². The van der Waals surface area contributed by atoms with E-state index in [9.17, 15) is 10.0 Å². The van der Waals surface area contributed by atoms with Crippen molar-refractivity contribution in [1.29, 1.82) is 0 Å². The van der Waals surface area contributed by atoms with E-state index in [0.29, 0.717) is 22.8 Å². The fraction of sp³-hybridized carbons (Fsp3) is 0.100. The Labute approximate surface area is 165 Å². The van der Waals surface area contributed by atoms with Crippen molar-refractivity contribution in [2.75, 3.05) is 6.61 Å². The number of aromatic hydroxyl groups is 1. The number of nitroso groups, excluding NO2 is 1. The highest BCUT2D eigenvalue weighted by atomic mass is 32.1. The lowest BCUT2D eigenvalue weighted by atomic mass is 10.1. The zero-order valence-electron chi connectivity index (χ0n) is 14.9. The molecule has 4 rings (SSSR count). The second-order valence-corrected chi connectivity index (χ2v) is 6.46. The van der Waals surface area contributed by atoms with E-state index in [2.05, 4.69) is 15.4 Å². The number of hydrogen-bond acceptors (Lipinski definition) is 6. The molecule has 1 heterocycles. The Morgan fingerprint density at radius 2 is 2.07 bits per heavy atom. The first-order valence-electron chi connectivity index (χ1n) is 8.62. The summed E-state index contributed by atoms with van der Waals surface area (Å²) in [6.07, 6.45) is 0. The van der Waals surface area contributed by atoms with Gasteiger partial charge in [-0.2, -0.15) is 5.10 Å². The van der Waals surface area contributed by atoms with Crippen molar-refractivity contribution in [3.05, 3.63) is 64.3 Å². The van der Waals surface area contributed by atoms with Gasteiger partial charge in [-0.1, -0.05) is 18.2 Å². The lowest BCUT2D eigenvalue weighted by Crippen LogP contribution is -2.00. The molecule has 4 aromatic rings. The molecule has 8 heteroatoms. The first-order chi connectivity index (χ1) is 13.6. The van der Waals surface area contributed by atoms with Crippen molar-refractivity contribution in [3.63, 3.8) is 0 Å². The van der Waals surface area contributed by atoms with Gasteiger partial charge in [0.15, 0.2) is 10.6 Å².